The second kappa shape index (κ2) is 8.45. The summed E-state index contributed by atoms with van der Waals surface area (Å²) < 4.78 is 25.4. The molecule has 0 radical (unpaired) electrons. The molecule has 7 nitrogen and oxygen atoms in total. The van der Waals surface area contributed by atoms with Crippen molar-refractivity contribution in [3.8, 4) is 0 Å². The average Bonchev–Trinajstić information content (AvgIpc) is 2.81. The number of thioether (sulfide) groups is 1. The Morgan fingerprint density at radius 3 is 2.56 bits per heavy atom. The van der Waals surface area contributed by atoms with Crippen molar-refractivity contribution in [2.24, 2.45) is 11.1 Å². The number of imidazole rings is 1. The molecule has 2 aromatic rings. The number of nitrogens with zero attached hydrogens (tertiary/aromatic N) is 2. The van der Waals surface area contributed by atoms with Crippen molar-refractivity contribution >= 4 is 33.4 Å². The highest BCUT2D eigenvalue weighted by Gasteiger charge is 2.16. The predicted molar refractivity (Wildman–Crippen MR) is 108 cm³/mol. The fourth-order valence-corrected chi connectivity index (χ4v) is 4.33. The Balaban J connectivity index is 2.09. The molecule has 0 bridgehead atoms. The molecule has 0 fully saturated rings. The van der Waals surface area contributed by atoms with E-state index in [0.29, 0.717) is 17.2 Å². The van der Waals surface area contributed by atoms with Crippen molar-refractivity contribution < 1.29 is 13.2 Å². The maximum Gasteiger partial charge on any atom is 0.238 e. The summed E-state index contributed by atoms with van der Waals surface area (Å²) in [7, 11) is -3.84. The highest BCUT2D eigenvalue weighted by molar-refractivity contribution is 7.99. The predicted octanol–water partition coefficient (Wildman–Crippen LogP) is 2.84. The number of benzene rings is 1. The van der Waals surface area contributed by atoms with E-state index in [1.54, 1.807) is 19.1 Å². The molecule has 0 saturated heterocycles. The molecule has 1 heterocycles. The van der Waals surface area contributed by atoms with Crippen LogP contribution < -0.4 is 10.5 Å². The van der Waals surface area contributed by atoms with Crippen LogP contribution in [0.5, 0.6) is 0 Å². The second-order valence-electron chi connectivity index (χ2n) is 6.93. The largest absolute Gasteiger partial charge is 0.325 e. The van der Waals surface area contributed by atoms with Crippen molar-refractivity contribution in [2.45, 2.75) is 51.2 Å². The minimum absolute atomic E-state index is 0.00618. The van der Waals surface area contributed by atoms with E-state index in [4.69, 9.17) is 5.14 Å². The normalized spacial score (nSPS) is 11.8. The summed E-state index contributed by atoms with van der Waals surface area (Å²) >= 11 is 1.36. The molecule has 27 heavy (non-hydrogen) atoms. The van der Waals surface area contributed by atoms with Crippen LogP contribution >= 0.6 is 11.8 Å². The van der Waals surface area contributed by atoms with Crippen LogP contribution in [0.2, 0.25) is 0 Å². The van der Waals surface area contributed by atoms with E-state index in [2.05, 4.69) is 28.7 Å². The maximum absolute atomic E-state index is 12.3. The first-order valence-corrected chi connectivity index (χ1v) is 11.1. The van der Waals surface area contributed by atoms with Crippen LogP contribution in [0.4, 0.5) is 5.69 Å². The molecule has 0 saturated carbocycles. The summed E-state index contributed by atoms with van der Waals surface area (Å²) in [6.45, 7) is 10.7. The van der Waals surface area contributed by atoms with Crippen molar-refractivity contribution in [1.82, 2.24) is 9.55 Å². The Kier molecular flexibility index (Phi) is 6.72. The van der Waals surface area contributed by atoms with Gasteiger partial charge in [0.2, 0.25) is 15.9 Å². The minimum Gasteiger partial charge on any atom is -0.325 e. The van der Waals surface area contributed by atoms with Gasteiger partial charge in [0.15, 0.2) is 5.16 Å². The fourth-order valence-electron chi connectivity index (χ4n) is 2.63. The van der Waals surface area contributed by atoms with Crippen LogP contribution in [0, 0.1) is 26.7 Å². The van der Waals surface area contributed by atoms with Crippen molar-refractivity contribution in [1.29, 1.82) is 0 Å². The van der Waals surface area contributed by atoms with Gasteiger partial charge in [-0.05, 0) is 44.4 Å². The van der Waals surface area contributed by atoms with Crippen molar-refractivity contribution in [3.63, 3.8) is 0 Å². The fraction of sp³-hybridized carbons (Fsp3) is 0.444. The lowest BCUT2D eigenvalue weighted by Crippen LogP contribution is -2.17. The number of anilines is 1. The zero-order valence-corrected chi connectivity index (χ0v) is 17.9. The number of aromatic nitrogens is 2. The van der Waals surface area contributed by atoms with Gasteiger partial charge in [-0.3, -0.25) is 4.79 Å². The number of nitrogens with two attached hydrogens (primary N) is 1. The Hall–Kier alpha value is -1.84. The van der Waals surface area contributed by atoms with Gasteiger partial charge in [-0.1, -0.05) is 31.7 Å². The number of rotatable bonds is 7. The first kappa shape index (κ1) is 21.5. The lowest BCUT2D eigenvalue weighted by Gasteiger charge is -2.12. The van der Waals surface area contributed by atoms with Gasteiger partial charge in [0.05, 0.1) is 16.3 Å². The molecule has 148 valence electrons. The molecule has 0 aliphatic rings. The molecular formula is C18H26N4O3S2. The first-order valence-electron chi connectivity index (χ1n) is 8.59. The van der Waals surface area contributed by atoms with Crippen LogP contribution in [0.3, 0.4) is 0 Å². The van der Waals surface area contributed by atoms with Gasteiger partial charge in [0, 0.05) is 17.9 Å². The lowest BCUT2D eigenvalue weighted by atomic mass is 10.2. The third-order valence-corrected chi connectivity index (χ3v) is 6.11. The topological polar surface area (TPSA) is 107 Å². The summed E-state index contributed by atoms with van der Waals surface area (Å²) in [5.74, 6) is 0.403. The molecule has 1 aromatic heterocycles. The van der Waals surface area contributed by atoms with Crippen molar-refractivity contribution in [2.75, 3.05) is 11.1 Å². The van der Waals surface area contributed by atoms with E-state index < -0.39 is 10.0 Å². The van der Waals surface area contributed by atoms with E-state index in [1.165, 1.54) is 17.8 Å². The zero-order valence-electron chi connectivity index (χ0n) is 16.2. The van der Waals surface area contributed by atoms with Gasteiger partial charge in [-0.15, -0.1) is 0 Å². The molecular weight excluding hydrogens is 384 g/mol. The molecule has 0 spiro atoms. The highest BCUT2D eigenvalue weighted by atomic mass is 32.2. The number of nitrogens with one attached hydrogen (secondary N) is 1. The number of aryl methyl sites for hydroxylation is 2. The van der Waals surface area contributed by atoms with E-state index in [0.717, 1.165) is 23.1 Å². The van der Waals surface area contributed by atoms with Gasteiger partial charge in [0.25, 0.3) is 0 Å². The van der Waals surface area contributed by atoms with Crippen LogP contribution in [-0.2, 0) is 21.4 Å². The third kappa shape index (κ3) is 5.57. The maximum atomic E-state index is 12.3. The Morgan fingerprint density at radius 1 is 1.30 bits per heavy atom. The van der Waals surface area contributed by atoms with E-state index in [9.17, 15) is 13.2 Å². The number of hydrogen-bond donors (Lipinski definition) is 2. The molecule has 9 heteroatoms. The molecule has 3 N–H and O–H groups in total. The SMILES string of the molecule is Cc1ccc(NC(=O)CSc2nc(C)c(C)n2CC(C)C)cc1S(N)(=O)=O. The molecule has 2 rings (SSSR count). The number of hydrogen-bond acceptors (Lipinski definition) is 5. The number of carbonyl (C=O) groups excluding carboxylic acids is 1. The molecule has 1 amide bonds. The molecule has 0 aliphatic heterocycles. The van der Waals surface area contributed by atoms with E-state index in [1.807, 2.05) is 13.8 Å². The second-order valence-corrected chi connectivity index (χ2v) is 9.40. The molecule has 1 aromatic carbocycles. The number of amides is 1. The van der Waals surface area contributed by atoms with Gasteiger partial charge in [0.1, 0.15) is 0 Å². The summed E-state index contributed by atoms with van der Waals surface area (Å²) in [6, 6.07) is 4.65. The van der Waals surface area contributed by atoms with Crippen LogP contribution in [0.1, 0.15) is 30.8 Å². The monoisotopic (exact) mass is 410 g/mol. The molecule has 0 aliphatic carbocycles. The van der Waals surface area contributed by atoms with E-state index >= 15 is 0 Å². The van der Waals surface area contributed by atoms with Gasteiger partial charge in [-0.2, -0.15) is 0 Å². The molecule has 0 atom stereocenters. The molecule has 0 unspecified atom stereocenters. The van der Waals surface area contributed by atoms with Gasteiger partial charge >= 0.3 is 0 Å². The highest BCUT2D eigenvalue weighted by Crippen LogP contribution is 2.23. The first-order chi connectivity index (χ1) is 12.5. The Bertz CT molecular complexity index is 950. The van der Waals surface area contributed by atoms with Crippen LogP contribution in [0.25, 0.3) is 0 Å². The minimum atomic E-state index is -3.84. The summed E-state index contributed by atoms with van der Waals surface area (Å²) in [4.78, 5) is 16.9. The standard InChI is InChI=1S/C18H26N4O3S2/c1-11(2)9-22-14(5)13(4)20-18(22)26-10-17(23)21-15-7-6-12(3)16(8-15)27(19,24)25/h6-8,11H,9-10H2,1-5H3,(H,21,23)(H2,19,24,25). The van der Waals surface area contributed by atoms with Crippen LogP contribution in [-0.4, -0.2) is 29.6 Å². The smallest absolute Gasteiger partial charge is 0.238 e. The summed E-state index contributed by atoms with van der Waals surface area (Å²) in [6.07, 6.45) is 0. The Labute approximate surface area is 164 Å². The Morgan fingerprint density at radius 2 is 1.96 bits per heavy atom. The van der Waals surface area contributed by atoms with Crippen molar-refractivity contribution in [3.05, 3.63) is 35.2 Å². The third-order valence-electron chi connectivity index (χ3n) is 4.08. The summed E-state index contributed by atoms with van der Waals surface area (Å²) in [5, 5.41) is 8.73. The lowest BCUT2D eigenvalue weighted by molar-refractivity contribution is -0.113. The number of carbonyl (C=O) groups is 1. The van der Waals surface area contributed by atoms with Crippen LogP contribution in [0.15, 0.2) is 28.3 Å². The zero-order chi connectivity index (χ0) is 20.4. The number of sulfonamides is 1. The summed E-state index contributed by atoms with van der Waals surface area (Å²) in [5.41, 5.74) is 2.98. The number of primary sulfonamides is 1. The van der Waals surface area contributed by atoms with Gasteiger partial charge < -0.3 is 9.88 Å². The quantitative estimate of drug-likeness (QED) is 0.683. The van der Waals surface area contributed by atoms with E-state index in [-0.39, 0.29) is 16.6 Å². The average molecular weight is 411 g/mol. The van der Waals surface area contributed by atoms with Gasteiger partial charge in [-0.25, -0.2) is 18.5 Å².